The van der Waals surface area contributed by atoms with Crippen molar-refractivity contribution in [1.29, 1.82) is 0 Å². The van der Waals surface area contributed by atoms with Gasteiger partial charge in [0.05, 0.1) is 6.26 Å². The lowest BCUT2D eigenvalue weighted by Crippen LogP contribution is -2.43. The molecule has 2 heterocycles. The number of hydrogen-bond donors (Lipinski definition) is 2. The van der Waals surface area contributed by atoms with Gasteiger partial charge in [0.2, 0.25) is 10.0 Å². The number of aromatic nitrogens is 1. The number of aryl methyl sites for hydroxylation is 1. The van der Waals surface area contributed by atoms with Crippen LogP contribution in [0.1, 0.15) is 18.4 Å². The van der Waals surface area contributed by atoms with Crippen molar-refractivity contribution < 1.29 is 8.42 Å². The lowest BCUT2D eigenvalue weighted by atomic mass is 9.98. The molecular formula is C15H28IN5O2S. The van der Waals surface area contributed by atoms with Crippen molar-refractivity contribution in [2.24, 2.45) is 18.0 Å². The number of sulfonamides is 1. The standard InChI is InChI=1S/C15H27N5O2S.HI/c1-16-15(18-11-14-4-7-19(2)12-14)17-10-13-5-8-20(9-6-13)23(3,21)22;/h4,7,12-13H,5-6,8-11H2,1-3H3,(H2,16,17,18);1H. The smallest absolute Gasteiger partial charge is 0.211 e. The molecule has 2 N–H and O–H groups in total. The molecule has 0 unspecified atom stereocenters. The molecule has 0 aliphatic carbocycles. The first-order valence-corrected chi connectivity index (χ1v) is 9.74. The molecule has 0 radical (unpaired) electrons. The van der Waals surface area contributed by atoms with Crippen LogP contribution < -0.4 is 10.6 Å². The summed E-state index contributed by atoms with van der Waals surface area (Å²) in [6.07, 6.45) is 7.14. The summed E-state index contributed by atoms with van der Waals surface area (Å²) >= 11 is 0. The molecule has 1 aromatic rings. The van der Waals surface area contributed by atoms with E-state index in [2.05, 4.69) is 27.9 Å². The maximum absolute atomic E-state index is 11.5. The fraction of sp³-hybridized carbons (Fsp3) is 0.667. The minimum absolute atomic E-state index is 0. The monoisotopic (exact) mass is 469 g/mol. The third kappa shape index (κ3) is 6.60. The summed E-state index contributed by atoms with van der Waals surface area (Å²) in [6.45, 7) is 2.77. The van der Waals surface area contributed by atoms with Gasteiger partial charge in [-0.25, -0.2) is 12.7 Å². The molecule has 2 rings (SSSR count). The SMILES string of the molecule is CN=C(NCc1ccn(C)c1)NCC1CCN(S(C)(=O)=O)CC1.I. The summed E-state index contributed by atoms with van der Waals surface area (Å²) in [6, 6.07) is 2.07. The van der Waals surface area contributed by atoms with Crippen LogP contribution in [-0.4, -0.2) is 56.2 Å². The summed E-state index contributed by atoms with van der Waals surface area (Å²) in [5.41, 5.74) is 1.21. The molecule has 0 saturated carbocycles. The summed E-state index contributed by atoms with van der Waals surface area (Å²) in [5.74, 6) is 1.25. The molecule has 1 fully saturated rings. The highest BCUT2D eigenvalue weighted by Gasteiger charge is 2.24. The van der Waals surface area contributed by atoms with Crippen molar-refractivity contribution in [2.75, 3.05) is 32.9 Å². The van der Waals surface area contributed by atoms with E-state index >= 15 is 0 Å². The van der Waals surface area contributed by atoms with Crippen LogP contribution in [0.15, 0.2) is 23.5 Å². The highest BCUT2D eigenvalue weighted by Crippen LogP contribution is 2.18. The van der Waals surface area contributed by atoms with Gasteiger partial charge in [-0.05, 0) is 30.4 Å². The topological polar surface area (TPSA) is 78.7 Å². The number of nitrogens with zero attached hydrogens (tertiary/aromatic N) is 3. The van der Waals surface area contributed by atoms with Crippen LogP contribution in [0.25, 0.3) is 0 Å². The highest BCUT2D eigenvalue weighted by molar-refractivity contribution is 14.0. The van der Waals surface area contributed by atoms with Crippen molar-refractivity contribution >= 4 is 40.0 Å². The van der Waals surface area contributed by atoms with Crippen LogP contribution in [0.4, 0.5) is 0 Å². The van der Waals surface area contributed by atoms with Crippen molar-refractivity contribution in [2.45, 2.75) is 19.4 Å². The lowest BCUT2D eigenvalue weighted by Gasteiger charge is -2.30. The lowest BCUT2D eigenvalue weighted by molar-refractivity contribution is 0.275. The van der Waals surface area contributed by atoms with Gasteiger partial charge in [0.15, 0.2) is 5.96 Å². The van der Waals surface area contributed by atoms with Gasteiger partial charge in [-0.1, -0.05) is 0 Å². The van der Waals surface area contributed by atoms with Crippen LogP contribution in [0.2, 0.25) is 0 Å². The third-order valence-electron chi connectivity index (χ3n) is 4.18. The van der Waals surface area contributed by atoms with E-state index in [9.17, 15) is 8.42 Å². The Morgan fingerprint density at radius 2 is 2.00 bits per heavy atom. The number of halogens is 1. The third-order valence-corrected chi connectivity index (χ3v) is 5.48. The molecule has 1 aromatic heterocycles. The Morgan fingerprint density at radius 3 is 2.50 bits per heavy atom. The van der Waals surface area contributed by atoms with Gasteiger partial charge in [-0.15, -0.1) is 24.0 Å². The summed E-state index contributed by atoms with van der Waals surface area (Å²) in [5, 5.41) is 6.62. The highest BCUT2D eigenvalue weighted by atomic mass is 127. The zero-order valence-electron chi connectivity index (χ0n) is 14.5. The molecule has 138 valence electrons. The van der Waals surface area contributed by atoms with Gasteiger partial charge in [0.1, 0.15) is 0 Å². The molecule has 0 bridgehead atoms. The van der Waals surface area contributed by atoms with Gasteiger partial charge in [0.25, 0.3) is 0 Å². The van der Waals surface area contributed by atoms with Crippen molar-refractivity contribution in [3.8, 4) is 0 Å². The maximum Gasteiger partial charge on any atom is 0.211 e. The van der Waals surface area contributed by atoms with Crippen molar-refractivity contribution in [1.82, 2.24) is 19.5 Å². The first kappa shape index (κ1) is 21.2. The second-order valence-electron chi connectivity index (χ2n) is 6.10. The van der Waals surface area contributed by atoms with Crippen LogP contribution >= 0.6 is 24.0 Å². The number of piperidine rings is 1. The predicted octanol–water partition coefficient (Wildman–Crippen LogP) is 0.980. The van der Waals surface area contributed by atoms with Crippen LogP contribution in [0, 0.1) is 5.92 Å². The Hall–Kier alpha value is -0.810. The molecule has 9 heteroatoms. The van der Waals surface area contributed by atoms with Crippen molar-refractivity contribution in [3.05, 3.63) is 24.0 Å². The molecule has 1 aliphatic rings. The molecule has 1 aliphatic heterocycles. The minimum atomic E-state index is -3.05. The molecule has 24 heavy (non-hydrogen) atoms. The Morgan fingerprint density at radius 1 is 1.33 bits per heavy atom. The summed E-state index contributed by atoms with van der Waals surface area (Å²) in [4.78, 5) is 4.23. The Kier molecular flexibility index (Phi) is 8.51. The molecule has 0 aromatic carbocycles. The number of hydrogen-bond acceptors (Lipinski definition) is 3. The Labute approximate surface area is 162 Å². The van der Waals surface area contributed by atoms with E-state index in [1.807, 2.05) is 17.8 Å². The van der Waals surface area contributed by atoms with E-state index in [1.54, 1.807) is 11.4 Å². The van der Waals surface area contributed by atoms with E-state index in [-0.39, 0.29) is 24.0 Å². The fourth-order valence-electron chi connectivity index (χ4n) is 2.76. The largest absolute Gasteiger partial charge is 0.357 e. The van der Waals surface area contributed by atoms with Gasteiger partial charge in [-0.2, -0.15) is 0 Å². The minimum Gasteiger partial charge on any atom is -0.357 e. The molecule has 0 atom stereocenters. The summed E-state index contributed by atoms with van der Waals surface area (Å²) < 4.78 is 26.6. The van der Waals surface area contributed by atoms with E-state index in [1.165, 1.54) is 11.8 Å². The van der Waals surface area contributed by atoms with E-state index < -0.39 is 10.0 Å². The number of nitrogens with one attached hydrogen (secondary N) is 2. The van der Waals surface area contributed by atoms with Gasteiger partial charge in [-0.3, -0.25) is 4.99 Å². The van der Waals surface area contributed by atoms with E-state index in [4.69, 9.17) is 0 Å². The summed E-state index contributed by atoms with van der Waals surface area (Å²) in [7, 11) is 0.708. The quantitative estimate of drug-likeness (QED) is 0.383. The first-order chi connectivity index (χ1) is 10.9. The molecule has 1 saturated heterocycles. The molecular weight excluding hydrogens is 441 g/mol. The van der Waals surface area contributed by atoms with Crippen LogP contribution in [0.3, 0.4) is 0 Å². The van der Waals surface area contributed by atoms with Crippen LogP contribution in [-0.2, 0) is 23.6 Å². The molecule has 0 spiro atoms. The number of aliphatic imine (C=N–C) groups is 1. The number of rotatable bonds is 5. The van der Waals surface area contributed by atoms with Crippen LogP contribution in [0.5, 0.6) is 0 Å². The average Bonchev–Trinajstić information content (AvgIpc) is 2.92. The second kappa shape index (κ2) is 9.62. The van der Waals surface area contributed by atoms with Gasteiger partial charge in [0, 0.05) is 52.7 Å². The first-order valence-electron chi connectivity index (χ1n) is 7.89. The number of guanidine groups is 1. The van der Waals surface area contributed by atoms with E-state index in [0.29, 0.717) is 19.0 Å². The predicted molar refractivity (Wildman–Crippen MR) is 108 cm³/mol. The average molecular weight is 469 g/mol. The Bertz CT molecular complexity index is 636. The zero-order valence-corrected chi connectivity index (χ0v) is 17.7. The fourth-order valence-corrected chi connectivity index (χ4v) is 3.63. The Balaban J connectivity index is 0.00000288. The van der Waals surface area contributed by atoms with Crippen molar-refractivity contribution in [3.63, 3.8) is 0 Å². The molecule has 0 amide bonds. The van der Waals surface area contributed by atoms with Gasteiger partial charge >= 0.3 is 0 Å². The molecule has 7 nitrogen and oxygen atoms in total. The van der Waals surface area contributed by atoms with E-state index in [0.717, 1.165) is 31.9 Å². The second-order valence-corrected chi connectivity index (χ2v) is 8.08. The van der Waals surface area contributed by atoms with Gasteiger partial charge < -0.3 is 15.2 Å². The maximum atomic E-state index is 11.5. The normalized spacial score (nSPS) is 17.4. The zero-order chi connectivity index (χ0) is 16.9.